The number of nitrogens with zero attached hydrogens (tertiary/aromatic N) is 2. The number of ether oxygens (including phenoxy) is 1. The van der Waals surface area contributed by atoms with Crippen molar-refractivity contribution in [3.05, 3.63) is 64.2 Å². The molecule has 0 radical (unpaired) electrons. The minimum atomic E-state index is -0.00292. The van der Waals surface area contributed by atoms with E-state index in [1.807, 2.05) is 18.2 Å². The first-order valence-electron chi connectivity index (χ1n) is 12.0. The molecule has 3 aliphatic rings. The van der Waals surface area contributed by atoms with Crippen molar-refractivity contribution in [3.63, 3.8) is 0 Å². The molecule has 5 nitrogen and oxygen atoms in total. The summed E-state index contributed by atoms with van der Waals surface area (Å²) in [6.07, 6.45) is 5.65. The van der Waals surface area contributed by atoms with E-state index in [-0.39, 0.29) is 24.4 Å². The van der Waals surface area contributed by atoms with Gasteiger partial charge in [-0.2, -0.15) is 5.26 Å². The molecule has 0 aromatic heterocycles. The zero-order valence-electron chi connectivity index (χ0n) is 19.2. The monoisotopic (exact) mass is 499 g/mol. The molecule has 1 N–H and O–H groups in total. The first kappa shape index (κ1) is 24.9. The summed E-state index contributed by atoms with van der Waals surface area (Å²) in [4.78, 5) is 15.1. The number of hydrogen-bond donors (Lipinski definition) is 1. The van der Waals surface area contributed by atoms with E-state index in [1.54, 1.807) is 24.3 Å². The van der Waals surface area contributed by atoms with Crippen LogP contribution in [0.1, 0.15) is 59.5 Å². The molecule has 1 aliphatic carbocycles. The predicted octanol–water partition coefficient (Wildman–Crippen LogP) is 5.42. The fraction of sp³-hybridized carbons (Fsp3) is 0.481. The van der Waals surface area contributed by atoms with Crippen LogP contribution >= 0.6 is 24.0 Å². The van der Waals surface area contributed by atoms with Gasteiger partial charge >= 0.3 is 0 Å². The second kappa shape index (κ2) is 11.0. The molecule has 2 aromatic rings. The second-order valence-corrected chi connectivity index (χ2v) is 10.2. The highest BCUT2D eigenvalue weighted by Gasteiger charge is 2.39. The van der Waals surface area contributed by atoms with Crippen molar-refractivity contribution in [3.8, 4) is 11.8 Å². The zero-order chi connectivity index (χ0) is 22.8. The molecule has 0 unspecified atom stereocenters. The van der Waals surface area contributed by atoms with Crippen LogP contribution in [-0.2, 0) is 0 Å². The van der Waals surface area contributed by atoms with Gasteiger partial charge < -0.3 is 15.0 Å². The molecule has 1 saturated heterocycles. The molecule has 180 valence electrons. The van der Waals surface area contributed by atoms with E-state index >= 15 is 0 Å². The molecule has 5 rings (SSSR count). The Bertz CT molecular complexity index is 1040. The van der Waals surface area contributed by atoms with Gasteiger partial charge in [-0.15, -0.1) is 12.4 Å². The Hall–Kier alpha value is -2.26. The van der Waals surface area contributed by atoms with E-state index < -0.39 is 0 Å². The molecule has 2 aromatic carbocycles. The number of likely N-dealkylation sites (tertiary alicyclic amines) is 1. The number of carbonyl (C=O) groups is 1. The van der Waals surface area contributed by atoms with Crippen molar-refractivity contribution in [1.82, 2.24) is 10.2 Å². The van der Waals surface area contributed by atoms with Gasteiger partial charge in [0.15, 0.2) is 0 Å². The lowest BCUT2D eigenvalue weighted by molar-refractivity contribution is 0.0920. The number of hydrogen-bond acceptors (Lipinski definition) is 4. The van der Waals surface area contributed by atoms with E-state index in [2.05, 4.69) is 16.3 Å². The smallest absolute Gasteiger partial charge is 0.251 e. The number of halogens is 2. The quantitative estimate of drug-likeness (QED) is 0.596. The van der Waals surface area contributed by atoms with Crippen molar-refractivity contribution >= 4 is 29.9 Å². The Labute approximate surface area is 212 Å². The summed E-state index contributed by atoms with van der Waals surface area (Å²) in [5.41, 5.74) is 2.60. The Kier molecular flexibility index (Phi) is 8.03. The Morgan fingerprint density at radius 2 is 1.88 bits per heavy atom. The van der Waals surface area contributed by atoms with Gasteiger partial charge in [0.05, 0.1) is 18.2 Å². The maximum atomic E-state index is 12.5. The van der Waals surface area contributed by atoms with Crippen LogP contribution in [0.25, 0.3) is 0 Å². The number of benzene rings is 2. The molecule has 0 bridgehead atoms. The van der Waals surface area contributed by atoms with Gasteiger partial charge in [0.1, 0.15) is 5.75 Å². The molecule has 7 heteroatoms. The number of nitrogens with one attached hydrogen (secondary N) is 1. The van der Waals surface area contributed by atoms with Crippen molar-refractivity contribution < 1.29 is 9.53 Å². The summed E-state index contributed by atoms with van der Waals surface area (Å²) in [5, 5.41) is 13.1. The molecule has 2 atom stereocenters. The highest BCUT2D eigenvalue weighted by molar-refractivity contribution is 6.30. The topological polar surface area (TPSA) is 65.4 Å². The van der Waals surface area contributed by atoms with Gasteiger partial charge in [-0.25, -0.2) is 0 Å². The Morgan fingerprint density at radius 1 is 1.12 bits per heavy atom. The van der Waals surface area contributed by atoms with E-state index in [4.69, 9.17) is 16.3 Å². The highest BCUT2D eigenvalue weighted by Crippen LogP contribution is 2.42. The van der Waals surface area contributed by atoms with Crippen LogP contribution in [0.5, 0.6) is 5.75 Å². The van der Waals surface area contributed by atoms with Crippen LogP contribution in [0.3, 0.4) is 0 Å². The molecule has 1 saturated carbocycles. The molecule has 2 aliphatic heterocycles. The molecular weight excluding hydrogens is 469 g/mol. The Balaban J connectivity index is 0.00000274. The number of amides is 1. The first-order chi connectivity index (χ1) is 16.1. The molecule has 0 spiro atoms. The van der Waals surface area contributed by atoms with Crippen molar-refractivity contribution in [2.75, 3.05) is 26.2 Å². The highest BCUT2D eigenvalue weighted by atomic mass is 35.5. The van der Waals surface area contributed by atoms with Gasteiger partial charge in [0.25, 0.3) is 5.91 Å². The van der Waals surface area contributed by atoms with E-state index in [1.165, 1.54) is 24.8 Å². The summed E-state index contributed by atoms with van der Waals surface area (Å²) >= 11 is 5.92. The third-order valence-electron chi connectivity index (χ3n) is 7.65. The van der Waals surface area contributed by atoms with Crippen molar-refractivity contribution in [2.45, 2.75) is 44.1 Å². The predicted molar refractivity (Wildman–Crippen MR) is 136 cm³/mol. The SMILES string of the molecule is Cl.N#Cc1ccc2c(c1)[C@@H]1CN(CC[C@H]3CC[C@H](NC(=O)c4ccc(Cl)cc4)CC3)C[C@H]1CO2. The van der Waals surface area contributed by atoms with E-state index in [9.17, 15) is 10.1 Å². The number of carbonyl (C=O) groups excluding carboxylic acids is 1. The lowest BCUT2D eigenvalue weighted by Gasteiger charge is -2.30. The van der Waals surface area contributed by atoms with Gasteiger partial charge in [-0.3, -0.25) is 4.79 Å². The minimum Gasteiger partial charge on any atom is -0.493 e. The van der Waals surface area contributed by atoms with Gasteiger partial charge in [-0.1, -0.05) is 11.6 Å². The second-order valence-electron chi connectivity index (χ2n) is 9.79. The Morgan fingerprint density at radius 3 is 2.62 bits per heavy atom. The number of rotatable bonds is 5. The molecule has 2 fully saturated rings. The number of fused-ring (bicyclic) bond motifs is 3. The van der Waals surface area contributed by atoms with Crippen LogP contribution in [0.15, 0.2) is 42.5 Å². The van der Waals surface area contributed by atoms with Crippen LogP contribution in [0.4, 0.5) is 0 Å². The summed E-state index contributed by atoms with van der Waals surface area (Å²) in [6.45, 7) is 4.03. The van der Waals surface area contributed by atoms with Crippen molar-refractivity contribution in [1.29, 1.82) is 5.26 Å². The zero-order valence-corrected chi connectivity index (χ0v) is 20.8. The fourth-order valence-electron chi connectivity index (χ4n) is 5.73. The third kappa shape index (κ3) is 5.51. The van der Waals surface area contributed by atoms with Crippen LogP contribution < -0.4 is 10.1 Å². The van der Waals surface area contributed by atoms with Gasteiger partial charge in [-0.05, 0) is 87.0 Å². The van der Waals surface area contributed by atoms with Gasteiger partial charge in [0.2, 0.25) is 0 Å². The summed E-state index contributed by atoms with van der Waals surface area (Å²) in [7, 11) is 0. The molecule has 1 amide bonds. The van der Waals surface area contributed by atoms with Crippen LogP contribution in [-0.4, -0.2) is 43.1 Å². The van der Waals surface area contributed by atoms with Crippen molar-refractivity contribution in [2.24, 2.45) is 11.8 Å². The summed E-state index contributed by atoms with van der Waals surface area (Å²) < 4.78 is 5.98. The average molecular weight is 500 g/mol. The van der Waals surface area contributed by atoms with Gasteiger partial charge in [0, 0.05) is 47.1 Å². The van der Waals surface area contributed by atoms with Crippen LogP contribution in [0.2, 0.25) is 5.02 Å². The molecule has 2 heterocycles. The maximum Gasteiger partial charge on any atom is 0.251 e. The minimum absolute atomic E-state index is 0. The lowest BCUT2D eigenvalue weighted by atomic mass is 9.84. The summed E-state index contributed by atoms with van der Waals surface area (Å²) in [5.74, 6) is 2.67. The molecule has 34 heavy (non-hydrogen) atoms. The fourth-order valence-corrected chi connectivity index (χ4v) is 5.86. The average Bonchev–Trinajstić information content (AvgIpc) is 3.27. The normalized spacial score (nSPS) is 25.8. The largest absolute Gasteiger partial charge is 0.493 e. The lowest BCUT2D eigenvalue weighted by Crippen LogP contribution is -2.38. The standard InChI is InChI=1S/C27H30ClN3O2.ClH/c28-22-6-4-20(5-7-22)27(32)30-23-8-1-18(2-9-23)11-12-31-15-21-17-33-26-10-3-19(14-29)13-24(26)25(21)16-31;/h3-7,10,13,18,21,23,25H,1-2,8-9,11-12,15-17H2,(H,30,32);1H/t18-,21-,23-,25+;/m0./s1. The maximum absolute atomic E-state index is 12.5. The number of nitriles is 1. The third-order valence-corrected chi connectivity index (χ3v) is 7.90. The first-order valence-corrected chi connectivity index (χ1v) is 12.4. The van der Waals surface area contributed by atoms with E-state index in [0.717, 1.165) is 56.3 Å². The van der Waals surface area contributed by atoms with Crippen LogP contribution in [0, 0.1) is 23.2 Å². The molecular formula is C27H31Cl2N3O2. The summed E-state index contributed by atoms with van der Waals surface area (Å²) in [6, 6.07) is 15.4. The van der Waals surface area contributed by atoms with E-state index in [0.29, 0.717) is 22.4 Å².